The number of ether oxygens (including phenoxy) is 2. The average molecular weight is 449 g/mol. The first kappa shape index (κ1) is 22.8. The summed E-state index contributed by atoms with van der Waals surface area (Å²) in [6.45, 7) is 6.18. The Kier molecular flexibility index (Phi) is 12.5. The lowest BCUT2D eigenvalue weighted by Crippen LogP contribution is -2.40. The number of rotatable bonds is 9. The molecule has 5 nitrogen and oxygen atoms in total. The van der Waals surface area contributed by atoms with Crippen molar-refractivity contribution in [2.24, 2.45) is 10.9 Å². The van der Waals surface area contributed by atoms with Crippen molar-refractivity contribution >= 4 is 29.9 Å². The van der Waals surface area contributed by atoms with Crippen LogP contribution in [0.4, 0.5) is 0 Å². The molecule has 0 fully saturated rings. The quantitative estimate of drug-likeness (QED) is 0.345. The second kappa shape index (κ2) is 13.1. The van der Waals surface area contributed by atoms with Crippen LogP contribution < -0.4 is 20.1 Å². The molecule has 0 saturated heterocycles. The molecule has 0 aliphatic carbocycles. The van der Waals surface area contributed by atoms with Crippen LogP contribution >= 0.6 is 24.0 Å². The summed E-state index contributed by atoms with van der Waals surface area (Å²) < 4.78 is 10.7. The molecule has 2 N–H and O–H groups in total. The summed E-state index contributed by atoms with van der Waals surface area (Å²) in [7, 11) is 5.16. The monoisotopic (exact) mass is 449 g/mol. The van der Waals surface area contributed by atoms with E-state index in [-0.39, 0.29) is 24.0 Å². The molecule has 0 amide bonds. The maximum absolute atomic E-state index is 5.41. The Balaban J connectivity index is 0.00000529. The Bertz CT molecular complexity index is 491. The molecule has 0 aliphatic rings. The first-order valence-corrected chi connectivity index (χ1v) is 8.33. The van der Waals surface area contributed by atoms with Crippen LogP contribution in [0.2, 0.25) is 0 Å². The van der Waals surface area contributed by atoms with Gasteiger partial charge in [-0.05, 0) is 36.1 Å². The number of aliphatic imine (C=N–C) groups is 1. The number of guanidine groups is 1. The third-order valence-electron chi connectivity index (χ3n) is 4.11. The van der Waals surface area contributed by atoms with Crippen molar-refractivity contribution in [3.63, 3.8) is 0 Å². The molecular formula is C18H32IN3O2. The third-order valence-corrected chi connectivity index (χ3v) is 4.11. The lowest BCUT2D eigenvalue weighted by Gasteiger charge is -2.17. The fourth-order valence-electron chi connectivity index (χ4n) is 2.43. The van der Waals surface area contributed by atoms with E-state index in [4.69, 9.17) is 9.47 Å². The van der Waals surface area contributed by atoms with Gasteiger partial charge in [-0.1, -0.05) is 26.7 Å². The van der Waals surface area contributed by atoms with Crippen LogP contribution in [-0.4, -0.2) is 40.3 Å². The second-order valence-electron chi connectivity index (χ2n) is 5.49. The van der Waals surface area contributed by atoms with Gasteiger partial charge in [0.2, 0.25) is 0 Å². The normalized spacial score (nSPS) is 11.0. The zero-order chi connectivity index (χ0) is 17.1. The number of methoxy groups -OCH3 is 2. The molecule has 0 atom stereocenters. The number of hydrogen-bond acceptors (Lipinski definition) is 3. The van der Waals surface area contributed by atoms with E-state index in [1.165, 1.54) is 12.8 Å². The molecular weight excluding hydrogens is 417 g/mol. The van der Waals surface area contributed by atoms with Gasteiger partial charge >= 0.3 is 0 Å². The summed E-state index contributed by atoms with van der Waals surface area (Å²) in [4.78, 5) is 4.27. The highest BCUT2D eigenvalue weighted by Crippen LogP contribution is 2.24. The van der Waals surface area contributed by atoms with Crippen LogP contribution in [0.5, 0.6) is 11.5 Å². The molecule has 6 heteroatoms. The van der Waals surface area contributed by atoms with Gasteiger partial charge in [-0.3, -0.25) is 4.99 Å². The summed E-state index contributed by atoms with van der Waals surface area (Å²) in [5.74, 6) is 3.26. The van der Waals surface area contributed by atoms with E-state index in [9.17, 15) is 0 Å². The zero-order valence-electron chi connectivity index (χ0n) is 15.5. The smallest absolute Gasteiger partial charge is 0.190 e. The fraction of sp³-hybridized carbons (Fsp3) is 0.611. The highest BCUT2D eigenvalue weighted by Gasteiger charge is 2.07. The minimum Gasteiger partial charge on any atom is -0.497 e. The number of hydrogen-bond donors (Lipinski definition) is 2. The van der Waals surface area contributed by atoms with Crippen LogP contribution in [0.1, 0.15) is 32.3 Å². The van der Waals surface area contributed by atoms with Gasteiger partial charge in [-0.2, -0.15) is 0 Å². The van der Waals surface area contributed by atoms with Gasteiger partial charge in [0, 0.05) is 20.1 Å². The SMILES string of the molecule is CCC(CC)CNC(=NC)NCCc1cc(OC)ccc1OC.I. The van der Waals surface area contributed by atoms with Gasteiger partial charge in [0.05, 0.1) is 14.2 Å². The molecule has 0 aliphatic heterocycles. The van der Waals surface area contributed by atoms with Crippen molar-refractivity contribution in [2.45, 2.75) is 33.1 Å². The largest absolute Gasteiger partial charge is 0.497 e. The minimum absolute atomic E-state index is 0. The van der Waals surface area contributed by atoms with Crippen molar-refractivity contribution in [3.05, 3.63) is 23.8 Å². The predicted molar refractivity (Wildman–Crippen MR) is 112 cm³/mol. The molecule has 0 bridgehead atoms. The number of halogens is 1. The van der Waals surface area contributed by atoms with Crippen LogP contribution in [0, 0.1) is 5.92 Å². The predicted octanol–water partition coefficient (Wildman–Crippen LogP) is 3.47. The van der Waals surface area contributed by atoms with Gasteiger partial charge in [0.15, 0.2) is 5.96 Å². The van der Waals surface area contributed by atoms with E-state index in [1.807, 2.05) is 18.2 Å². The first-order chi connectivity index (χ1) is 11.2. The topological polar surface area (TPSA) is 54.9 Å². The van der Waals surface area contributed by atoms with Crippen LogP contribution in [0.15, 0.2) is 23.2 Å². The molecule has 0 saturated carbocycles. The van der Waals surface area contributed by atoms with Crippen molar-refractivity contribution in [1.82, 2.24) is 10.6 Å². The molecule has 24 heavy (non-hydrogen) atoms. The first-order valence-electron chi connectivity index (χ1n) is 8.33. The summed E-state index contributed by atoms with van der Waals surface area (Å²) in [6.07, 6.45) is 3.20. The average Bonchev–Trinajstić information content (AvgIpc) is 2.60. The molecule has 1 aromatic carbocycles. The van der Waals surface area contributed by atoms with E-state index in [2.05, 4.69) is 29.5 Å². The zero-order valence-corrected chi connectivity index (χ0v) is 17.8. The van der Waals surface area contributed by atoms with E-state index in [1.54, 1.807) is 21.3 Å². The van der Waals surface area contributed by atoms with Crippen molar-refractivity contribution in [1.29, 1.82) is 0 Å². The van der Waals surface area contributed by atoms with E-state index < -0.39 is 0 Å². The standard InChI is InChI=1S/C18H31N3O2.HI/c1-6-14(7-2)13-21-18(19-3)20-11-10-15-12-16(22-4)8-9-17(15)23-5;/h8-9,12,14H,6-7,10-11,13H2,1-5H3,(H2,19,20,21);1H. The Morgan fingerprint density at radius 3 is 2.38 bits per heavy atom. The second-order valence-corrected chi connectivity index (χ2v) is 5.49. The Morgan fingerprint density at radius 2 is 1.83 bits per heavy atom. The van der Waals surface area contributed by atoms with Crippen molar-refractivity contribution < 1.29 is 9.47 Å². The van der Waals surface area contributed by atoms with E-state index >= 15 is 0 Å². The van der Waals surface area contributed by atoms with Crippen molar-refractivity contribution in [2.75, 3.05) is 34.4 Å². The van der Waals surface area contributed by atoms with E-state index in [0.29, 0.717) is 5.92 Å². The van der Waals surface area contributed by atoms with Crippen LogP contribution in [0.3, 0.4) is 0 Å². The summed E-state index contributed by atoms with van der Waals surface area (Å²) in [5, 5.41) is 6.74. The highest BCUT2D eigenvalue weighted by molar-refractivity contribution is 14.0. The van der Waals surface area contributed by atoms with E-state index in [0.717, 1.165) is 42.5 Å². The van der Waals surface area contributed by atoms with Gasteiger partial charge in [-0.15, -0.1) is 24.0 Å². The molecule has 1 aromatic rings. The lowest BCUT2D eigenvalue weighted by atomic mass is 10.0. The fourth-order valence-corrected chi connectivity index (χ4v) is 2.43. The summed E-state index contributed by atoms with van der Waals surface area (Å²) in [6, 6.07) is 5.86. The summed E-state index contributed by atoms with van der Waals surface area (Å²) in [5.41, 5.74) is 1.12. The van der Waals surface area contributed by atoms with Crippen molar-refractivity contribution in [3.8, 4) is 11.5 Å². The van der Waals surface area contributed by atoms with Gasteiger partial charge < -0.3 is 20.1 Å². The Morgan fingerprint density at radius 1 is 1.12 bits per heavy atom. The maximum Gasteiger partial charge on any atom is 0.190 e. The van der Waals surface area contributed by atoms with Gasteiger partial charge in [-0.25, -0.2) is 0 Å². The molecule has 0 radical (unpaired) electrons. The number of benzene rings is 1. The van der Waals surface area contributed by atoms with Gasteiger partial charge in [0.1, 0.15) is 11.5 Å². The maximum atomic E-state index is 5.41. The molecule has 0 unspecified atom stereocenters. The lowest BCUT2D eigenvalue weighted by molar-refractivity contribution is 0.398. The molecule has 0 spiro atoms. The Labute approximate surface area is 163 Å². The molecule has 138 valence electrons. The number of nitrogens with one attached hydrogen (secondary N) is 2. The number of nitrogens with zero attached hydrogens (tertiary/aromatic N) is 1. The van der Waals surface area contributed by atoms with Crippen LogP contribution in [0.25, 0.3) is 0 Å². The summed E-state index contributed by atoms with van der Waals surface area (Å²) >= 11 is 0. The Hall–Kier alpha value is -1.18. The van der Waals surface area contributed by atoms with Gasteiger partial charge in [0.25, 0.3) is 0 Å². The highest BCUT2D eigenvalue weighted by atomic mass is 127. The van der Waals surface area contributed by atoms with Crippen LogP contribution in [-0.2, 0) is 6.42 Å². The molecule has 0 heterocycles. The molecule has 0 aromatic heterocycles. The third kappa shape index (κ3) is 7.59. The molecule has 1 rings (SSSR count). The minimum atomic E-state index is 0.